The summed E-state index contributed by atoms with van der Waals surface area (Å²) in [5.41, 5.74) is -0.463. The van der Waals surface area contributed by atoms with E-state index in [0.717, 1.165) is 25.7 Å². The van der Waals surface area contributed by atoms with E-state index in [1.165, 1.54) is 57.8 Å². The molecule has 2 saturated heterocycles. The number of esters is 1. The molecule has 0 radical (unpaired) electrons. The van der Waals surface area contributed by atoms with Gasteiger partial charge in [-0.2, -0.15) is 0 Å². The van der Waals surface area contributed by atoms with Crippen molar-refractivity contribution in [3.63, 3.8) is 0 Å². The van der Waals surface area contributed by atoms with Crippen LogP contribution in [-0.2, 0) is 23.9 Å². The van der Waals surface area contributed by atoms with Gasteiger partial charge in [-0.1, -0.05) is 78.1 Å². The van der Waals surface area contributed by atoms with Gasteiger partial charge in [0.1, 0.15) is 16.9 Å². The highest BCUT2D eigenvalue weighted by Gasteiger charge is 2.45. The highest BCUT2D eigenvalue weighted by molar-refractivity contribution is 6.24. The van der Waals surface area contributed by atoms with Crippen LogP contribution >= 0.6 is 0 Å². The molecule has 6 nitrogen and oxygen atoms in total. The molecule has 0 saturated carbocycles. The zero-order valence-corrected chi connectivity index (χ0v) is 20.2. The first-order chi connectivity index (χ1) is 15.3. The quantitative estimate of drug-likeness (QED) is 0.140. The van der Waals surface area contributed by atoms with Crippen LogP contribution < -0.4 is 0 Å². The Morgan fingerprint density at radius 1 is 1.06 bits per heavy atom. The number of carboxylic acids is 1. The molecular weight excluding hydrogens is 408 g/mol. The molecule has 32 heavy (non-hydrogen) atoms. The van der Waals surface area contributed by atoms with Gasteiger partial charge in [0.2, 0.25) is 5.78 Å². The maximum atomic E-state index is 12.4. The predicted octanol–water partition coefficient (Wildman–Crippen LogP) is 6.12. The van der Waals surface area contributed by atoms with Crippen LogP contribution in [0.5, 0.6) is 0 Å². The average Bonchev–Trinajstić information content (AvgIpc) is 3.22. The average molecular weight is 451 g/mol. The zero-order valence-electron chi connectivity index (χ0n) is 20.2. The lowest BCUT2D eigenvalue weighted by Crippen LogP contribution is -2.23. The van der Waals surface area contributed by atoms with E-state index >= 15 is 0 Å². The molecule has 0 amide bonds. The molecule has 0 unspecified atom stereocenters. The molecule has 2 rings (SSSR count). The third kappa shape index (κ3) is 8.25. The van der Waals surface area contributed by atoms with Crippen molar-refractivity contribution in [1.29, 1.82) is 0 Å². The van der Waals surface area contributed by atoms with Gasteiger partial charge in [-0.3, -0.25) is 9.59 Å². The Kier molecular flexibility index (Phi) is 10.7. The number of allylic oxidation sites excluding steroid dienone is 1. The molecular formula is C26H42O6. The van der Waals surface area contributed by atoms with Gasteiger partial charge >= 0.3 is 11.9 Å². The molecule has 0 aromatic rings. The first-order valence-electron chi connectivity index (χ1n) is 12.6. The van der Waals surface area contributed by atoms with Gasteiger partial charge in [0.25, 0.3) is 0 Å². The lowest BCUT2D eigenvalue weighted by Gasteiger charge is -2.24. The minimum atomic E-state index is -1.23. The second-order valence-electron chi connectivity index (χ2n) is 9.97. The third-order valence-electron chi connectivity index (χ3n) is 6.83. The maximum Gasteiger partial charge on any atom is 0.346 e. The molecule has 0 aromatic heterocycles. The highest BCUT2D eigenvalue weighted by Crippen LogP contribution is 2.40. The van der Waals surface area contributed by atoms with E-state index in [2.05, 4.69) is 13.8 Å². The first-order valence-corrected chi connectivity index (χ1v) is 12.6. The Labute approximate surface area is 193 Å². The molecule has 0 aromatic carbocycles. The molecule has 2 aliphatic rings. The molecule has 2 fully saturated rings. The van der Waals surface area contributed by atoms with Crippen molar-refractivity contribution in [2.45, 2.75) is 129 Å². The fourth-order valence-electron chi connectivity index (χ4n) is 4.77. The minimum Gasteiger partial charge on any atom is -0.491 e. The van der Waals surface area contributed by atoms with Crippen molar-refractivity contribution >= 4 is 17.7 Å². The lowest BCUT2D eigenvalue weighted by atomic mass is 9.91. The van der Waals surface area contributed by atoms with Crippen molar-refractivity contribution in [2.75, 3.05) is 0 Å². The van der Waals surface area contributed by atoms with Crippen LogP contribution in [0, 0.1) is 5.92 Å². The summed E-state index contributed by atoms with van der Waals surface area (Å²) in [5.74, 6) is -1.40. The number of rotatable bonds is 15. The van der Waals surface area contributed by atoms with Crippen molar-refractivity contribution in [1.82, 2.24) is 0 Å². The van der Waals surface area contributed by atoms with E-state index in [4.69, 9.17) is 14.6 Å². The van der Waals surface area contributed by atoms with Gasteiger partial charge < -0.3 is 14.6 Å². The summed E-state index contributed by atoms with van der Waals surface area (Å²) in [4.78, 5) is 35.4. The monoisotopic (exact) mass is 450 g/mol. The Morgan fingerprint density at radius 3 is 2.34 bits per heavy atom. The van der Waals surface area contributed by atoms with Gasteiger partial charge in [0, 0.05) is 6.42 Å². The summed E-state index contributed by atoms with van der Waals surface area (Å²) in [5, 5.41) is 8.88. The number of unbranched alkanes of at least 4 members (excludes halogenated alkanes) is 7. The Hall–Kier alpha value is -1.85. The van der Waals surface area contributed by atoms with Crippen molar-refractivity contribution in [2.24, 2.45) is 5.92 Å². The highest BCUT2D eigenvalue weighted by atomic mass is 16.6. The first kappa shape index (κ1) is 26.4. The summed E-state index contributed by atoms with van der Waals surface area (Å²) in [6.45, 7) is 6.61. The van der Waals surface area contributed by atoms with Crippen LogP contribution in [0.1, 0.15) is 117 Å². The van der Waals surface area contributed by atoms with E-state index in [0.29, 0.717) is 18.1 Å². The number of cyclic esters (lactones) is 1. The fraction of sp³-hybridized carbons (Fsp3) is 0.808. The number of Topliss-reactive ketones (excluding diaryl/α,β-unsaturated/α-hetero) is 1. The zero-order chi connectivity index (χ0) is 23.6. The molecule has 3 atom stereocenters. The largest absolute Gasteiger partial charge is 0.491 e. The Balaban J connectivity index is 1.68. The van der Waals surface area contributed by atoms with E-state index in [1.54, 1.807) is 0 Å². The normalized spacial score (nSPS) is 26.3. The van der Waals surface area contributed by atoms with Crippen LogP contribution in [0.25, 0.3) is 0 Å². The molecule has 0 aliphatic carbocycles. The SMILES string of the molecule is CCCCCCCCCC[C@@H](C)CCC[C@@]1(C)CC/C(=C2/C(=O)O[C@H](CC(=O)O)C2=O)O1. The van der Waals surface area contributed by atoms with Crippen LogP contribution in [0.4, 0.5) is 0 Å². The molecule has 0 bridgehead atoms. The number of ketones is 1. The number of aliphatic carboxylic acids is 1. The number of carboxylic acid groups (broad SMARTS) is 1. The molecule has 0 spiro atoms. The Bertz CT molecular complexity index is 682. The maximum absolute atomic E-state index is 12.4. The van der Waals surface area contributed by atoms with Gasteiger partial charge in [-0.05, 0) is 32.1 Å². The van der Waals surface area contributed by atoms with Crippen molar-refractivity contribution < 1.29 is 29.0 Å². The molecule has 182 valence electrons. The standard InChI is InChI=1S/C26H42O6/c1-4-5-6-7-8-9-10-11-13-19(2)14-12-16-26(3)17-15-20(32-26)23-24(29)21(18-22(27)28)31-25(23)30/h19,21H,4-18H2,1-3H3,(H,27,28)/b23-20-/t19-,21-,26+/m1/s1. The summed E-state index contributed by atoms with van der Waals surface area (Å²) < 4.78 is 11.0. The van der Waals surface area contributed by atoms with E-state index < -0.39 is 30.2 Å². The van der Waals surface area contributed by atoms with Gasteiger partial charge in [-0.25, -0.2) is 4.79 Å². The minimum absolute atomic E-state index is 0.0805. The number of hydrogen-bond acceptors (Lipinski definition) is 5. The summed E-state index contributed by atoms with van der Waals surface area (Å²) in [6, 6.07) is 0. The van der Waals surface area contributed by atoms with Gasteiger partial charge in [0.15, 0.2) is 6.10 Å². The fourth-order valence-corrected chi connectivity index (χ4v) is 4.77. The second-order valence-corrected chi connectivity index (χ2v) is 9.97. The Morgan fingerprint density at radius 2 is 1.69 bits per heavy atom. The van der Waals surface area contributed by atoms with Crippen LogP contribution in [-0.4, -0.2) is 34.5 Å². The van der Waals surface area contributed by atoms with Gasteiger partial charge in [0.05, 0.1) is 6.42 Å². The molecule has 2 heterocycles. The smallest absolute Gasteiger partial charge is 0.346 e. The predicted molar refractivity (Wildman–Crippen MR) is 123 cm³/mol. The number of hydrogen-bond donors (Lipinski definition) is 1. The summed E-state index contributed by atoms with van der Waals surface area (Å²) in [7, 11) is 0. The molecule has 2 aliphatic heterocycles. The number of carbonyl (C=O) groups is 3. The van der Waals surface area contributed by atoms with Gasteiger partial charge in [-0.15, -0.1) is 0 Å². The van der Waals surface area contributed by atoms with E-state index in [1.807, 2.05) is 6.92 Å². The molecule has 1 N–H and O–H groups in total. The van der Waals surface area contributed by atoms with Crippen LogP contribution in [0.3, 0.4) is 0 Å². The summed E-state index contributed by atoms with van der Waals surface area (Å²) >= 11 is 0. The van der Waals surface area contributed by atoms with Crippen LogP contribution in [0.2, 0.25) is 0 Å². The topological polar surface area (TPSA) is 89.9 Å². The van der Waals surface area contributed by atoms with E-state index in [-0.39, 0.29) is 11.2 Å². The lowest BCUT2D eigenvalue weighted by molar-refractivity contribution is -0.147. The molecule has 6 heteroatoms. The van der Waals surface area contributed by atoms with E-state index in [9.17, 15) is 14.4 Å². The number of ether oxygens (including phenoxy) is 2. The second kappa shape index (κ2) is 13.0. The number of carbonyl (C=O) groups excluding carboxylic acids is 2. The van der Waals surface area contributed by atoms with Crippen LogP contribution in [0.15, 0.2) is 11.3 Å². The summed E-state index contributed by atoms with van der Waals surface area (Å²) in [6.07, 6.45) is 14.7. The van der Waals surface area contributed by atoms with Crippen molar-refractivity contribution in [3.8, 4) is 0 Å². The third-order valence-corrected chi connectivity index (χ3v) is 6.83. The van der Waals surface area contributed by atoms with Crippen molar-refractivity contribution in [3.05, 3.63) is 11.3 Å².